The Bertz CT molecular complexity index is 508. The van der Waals surface area contributed by atoms with E-state index in [0.717, 1.165) is 31.5 Å². The number of piperidine rings is 1. The minimum absolute atomic E-state index is 0.250. The molecule has 20 heavy (non-hydrogen) atoms. The van der Waals surface area contributed by atoms with Gasteiger partial charge in [-0.1, -0.05) is 17.7 Å². The molecule has 5 nitrogen and oxygen atoms in total. The lowest BCUT2D eigenvalue weighted by Crippen LogP contribution is -2.34. The van der Waals surface area contributed by atoms with Gasteiger partial charge in [0.25, 0.3) is 0 Å². The van der Waals surface area contributed by atoms with Crippen molar-refractivity contribution < 1.29 is 13.2 Å². The van der Waals surface area contributed by atoms with Crippen molar-refractivity contribution in [2.75, 3.05) is 26.2 Å². The van der Waals surface area contributed by atoms with Gasteiger partial charge in [-0.15, -0.1) is 0 Å². The van der Waals surface area contributed by atoms with Gasteiger partial charge in [0, 0.05) is 6.54 Å². The van der Waals surface area contributed by atoms with Crippen molar-refractivity contribution >= 4 is 10.0 Å². The zero-order valence-corrected chi connectivity index (χ0v) is 12.6. The highest BCUT2D eigenvalue weighted by Gasteiger charge is 2.15. The molecule has 0 bridgehead atoms. The molecule has 0 aliphatic carbocycles. The van der Waals surface area contributed by atoms with E-state index in [2.05, 4.69) is 10.0 Å². The van der Waals surface area contributed by atoms with Crippen LogP contribution < -0.4 is 10.0 Å². The predicted octanol–water partition coefficient (Wildman–Crippen LogP) is 1.04. The van der Waals surface area contributed by atoms with E-state index in [1.165, 1.54) is 0 Å². The Hall–Kier alpha value is -0.950. The van der Waals surface area contributed by atoms with Gasteiger partial charge in [0.05, 0.1) is 17.6 Å². The lowest BCUT2D eigenvalue weighted by atomic mass is 10.1. The van der Waals surface area contributed by atoms with Crippen molar-refractivity contribution in [3.8, 4) is 0 Å². The molecule has 0 unspecified atom stereocenters. The molecule has 1 aliphatic rings. The van der Waals surface area contributed by atoms with Gasteiger partial charge in [-0.05, 0) is 45.0 Å². The van der Waals surface area contributed by atoms with Crippen LogP contribution in [-0.2, 0) is 14.8 Å². The van der Waals surface area contributed by atoms with Gasteiger partial charge in [-0.25, -0.2) is 13.1 Å². The van der Waals surface area contributed by atoms with Gasteiger partial charge in [-0.2, -0.15) is 0 Å². The summed E-state index contributed by atoms with van der Waals surface area (Å²) in [7, 11) is -3.42. The number of sulfonamides is 1. The number of aryl methyl sites for hydroxylation is 1. The maximum atomic E-state index is 12.0. The Balaban J connectivity index is 1.76. The number of rotatable bonds is 6. The van der Waals surface area contributed by atoms with Crippen LogP contribution in [0.25, 0.3) is 0 Å². The molecule has 1 fully saturated rings. The van der Waals surface area contributed by atoms with E-state index in [0.29, 0.717) is 18.0 Å². The molecule has 1 aromatic rings. The molecule has 2 N–H and O–H groups in total. The lowest BCUT2D eigenvalue weighted by Gasteiger charge is -2.22. The predicted molar refractivity (Wildman–Crippen MR) is 78.2 cm³/mol. The summed E-state index contributed by atoms with van der Waals surface area (Å²) in [6, 6.07) is 6.82. The van der Waals surface area contributed by atoms with Gasteiger partial charge in [0.15, 0.2) is 0 Å². The maximum absolute atomic E-state index is 12.0. The number of hydrogen-bond acceptors (Lipinski definition) is 4. The van der Waals surface area contributed by atoms with E-state index in [4.69, 9.17) is 4.74 Å². The van der Waals surface area contributed by atoms with Crippen LogP contribution in [0.2, 0.25) is 0 Å². The molecular formula is C14H22N2O3S. The third-order valence-corrected chi connectivity index (χ3v) is 4.84. The monoisotopic (exact) mass is 298 g/mol. The van der Waals surface area contributed by atoms with Gasteiger partial charge in [0.1, 0.15) is 0 Å². The fourth-order valence-corrected chi connectivity index (χ4v) is 3.18. The first-order chi connectivity index (χ1) is 9.58. The second kappa shape index (κ2) is 7.17. The summed E-state index contributed by atoms with van der Waals surface area (Å²) >= 11 is 0. The van der Waals surface area contributed by atoms with Crippen LogP contribution in [0.3, 0.4) is 0 Å². The van der Waals surface area contributed by atoms with Crippen molar-refractivity contribution in [3.05, 3.63) is 29.8 Å². The second-order valence-corrected chi connectivity index (χ2v) is 6.80. The van der Waals surface area contributed by atoms with Crippen LogP contribution in [-0.4, -0.2) is 40.8 Å². The Kier molecular flexibility index (Phi) is 5.54. The Morgan fingerprint density at radius 2 is 1.90 bits per heavy atom. The lowest BCUT2D eigenvalue weighted by molar-refractivity contribution is 0.0367. The smallest absolute Gasteiger partial charge is 0.240 e. The van der Waals surface area contributed by atoms with Gasteiger partial charge < -0.3 is 10.1 Å². The van der Waals surface area contributed by atoms with Crippen LogP contribution in [0.1, 0.15) is 18.4 Å². The van der Waals surface area contributed by atoms with E-state index in [1.54, 1.807) is 24.3 Å². The second-order valence-electron chi connectivity index (χ2n) is 5.03. The Labute approximate surface area is 120 Å². The summed E-state index contributed by atoms with van der Waals surface area (Å²) in [5.74, 6) is 0. The number of nitrogens with one attached hydrogen (secondary N) is 2. The average Bonchev–Trinajstić information content (AvgIpc) is 2.45. The normalized spacial score (nSPS) is 17.2. The van der Waals surface area contributed by atoms with E-state index >= 15 is 0 Å². The van der Waals surface area contributed by atoms with Gasteiger partial charge >= 0.3 is 0 Å². The topological polar surface area (TPSA) is 67.4 Å². The molecule has 0 amide bonds. The van der Waals surface area contributed by atoms with Crippen LogP contribution in [0.15, 0.2) is 29.2 Å². The van der Waals surface area contributed by atoms with Crippen molar-refractivity contribution in [1.82, 2.24) is 10.0 Å². The summed E-state index contributed by atoms with van der Waals surface area (Å²) in [5.41, 5.74) is 1.04. The third kappa shape index (κ3) is 4.56. The number of hydrogen-bond donors (Lipinski definition) is 2. The zero-order valence-electron chi connectivity index (χ0n) is 11.8. The van der Waals surface area contributed by atoms with Gasteiger partial charge in [0.2, 0.25) is 10.0 Å². The molecule has 1 heterocycles. The van der Waals surface area contributed by atoms with Crippen LogP contribution in [0.5, 0.6) is 0 Å². The molecule has 6 heteroatoms. The van der Waals surface area contributed by atoms with E-state index in [-0.39, 0.29) is 6.10 Å². The molecule has 0 saturated carbocycles. The summed E-state index contributed by atoms with van der Waals surface area (Å²) in [6.45, 7) is 4.59. The Morgan fingerprint density at radius 1 is 1.25 bits per heavy atom. The summed E-state index contributed by atoms with van der Waals surface area (Å²) < 4.78 is 32.3. The highest BCUT2D eigenvalue weighted by atomic mass is 32.2. The van der Waals surface area contributed by atoms with E-state index in [1.807, 2.05) is 6.92 Å². The fourth-order valence-electron chi connectivity index (χ4n) is 2.16. The maximum Gasteiger partial charge on any atom is 0.240 e. The quantitative estimate of drug-likeness (QED) is 0.770. The molecular weight excluding hydrogens is 276 g/mol. The molecule has 0 aromatic heterocycles. The van der Waals surface area contributed by atoms with Crippen molar-refractivity contribution in [3.63, 3.8) is 0 Å². The number of ether oxygens (including phenoxy) is 1. The molecule has 0 atom stereocenters. The molecule has 0 radical (unpaired) electrons. The van der Waals surface area contributed by atoms with Crippen molar-refractivity contribution in [2.45, 2.75) is 30.8 Å². The van der Waals surface area contributed by atoms with Crippen molar-refractivity contribution in [2.24, 2.45) is 0 Å². The first-order valence-corrected chi connectivity index (χ1v) is 8.45. The third-order valence-electron chi connectivity index (χ3n) is 3.37. The first-order valence-electron chi connectivity index (χ1n) is 6.96. The Morgan fingerprint density at radius 3 is 2.55 bits per heavy atom. The summed E-state index contributed by atoms with van der Waals surface area (Å²) in [6.07, 6.45) is 2.23. The van der Waals surface area contributed by atoms with E-state index in [9.17, 15) is 8.42 Å². The standard InChI is InChI=1S/C14H22N2O3S/c1-12-2-4-14(5-3-12)20(17,18)16-10-11-19-13-6-8-15-9-7-13/h2-5,13,15-16H,6-11H2,1H3. The molecule has 1 aromatic carbocycles. The summed E-state index contributed by atoms with van der Waals surface area (Å²) in [5, 5.41) is 3.26. The molecule has 1 saturated heterocycles. The highest BCUT2D eigenvalue weighted by molar-refractivity contribution is 7.89. The molecule has 1 aliphatic heterocycles. The number of benzene rings is 1. The van der Waals surface area contributed by atoms with Crippen LogP contribution in [0.4, 0.5) is 0 Å². The zero-order chi connectivity index (χ0) is 14.4. The van der Waals surface area contributed by atoms with Crippen LogP contribution >= 0.6 is 0 Å². The minimum atomic E-state index is -3.42. The average molecular weight is 298 g/mol. The molecule has 112 valence electrons. The SMILES string of the molecule is Cc1ccc(S(=O)(=O)NCCOC2CCNCC2)cc1. The minimum Gasteiger partial charge on any atom is -0.377 e. The van der Waals surface area contributed by atoms with Crippen LogP contribution in [0, 0.1) is 6.92 Å². The van der Waals surface area contributed by atoms with E-state index < -0.39 is 10.0 Å². The van der Waals surface area contributed by atoms with Gasteiger partial charge in [-0.3, -0.25) is 0 Å². The molecule has 0 spiro atoms. The highest BCUT2D eigenvalue weighted by Crippen LogP contribution is 2.10. The summed E-state index contributed by atoms with van der Waals surface area (Å²) in [4.78, 5) is 0.296. The largest absolute Gasteiger partial charge is 0.377 e. The first kappa shape index (κ1) is 15.4. The fraction of sp³-hybridized carbons (Fsp3) is 0.571. The van der Waals surface area contributed by atoms with Crippen molar-refractivity contribution in [1.29, 1.82) is 0 Å². The molecule has 2 rings (SSSR count).